The molecule has 0 saturated heterocycles. The van der Waals surface area contributed by atoms with Crippen molar-refractivity contribution in [3.8, 4) is 0 Å². The van der Waals surface area contributed by atoms with Gasteiger partial charge in [-0.15, -0.1) is 0 Å². The summed E-state index contributed by atoms with van der Waals surface area (Å²) in [7, 11) is 0. The molecule has 0 unspecified atom stereocenters. The van der Waals surface area contributed by atoms with Crippen molar-refractivity contribution in [2.75, 3.05) is 0 Å². The molecule has 6 heteroatoms. The molecule has 0 amide bonds. The van der Waals surface area contributed by atoms with Gasteiger partial charge in [-0.05, 0) is 0 Å². The Labute approximate surface area is 64.9 Å². The first-order valence-electron chi connectivity index (χ1n) is 0.632. The Bertz CT molecular complexity index is 129. The van der Waals surface area contributed by atoms with Crippen molar-refractivity contribution in [3.05, 3.63) is 0 Å². The van der Waals surface area contributed by atoms with E-state index >= 15 is 0 Å². The van der Waals surface area contributed by atoms with Crippen LogP contribution in [0.1, 0.15) is 0 Å². The molecule has 45 valence electrons. The summed E-state index contributed by atoms with van der Waals surface area (Å²) in [6.45, 7) is 0. The molecule has 0 bridgehead atoms. The Morgan fingerprint density at radius 2 is 1.17 bits per heavy atom. The molecule has 0 atom stereocenters. The van der Waals surface area contributed by atoms with Crippen LogP contribution in [-0.4, -0.2) is 4.19 Å². The number of hydrogen-bond acceptors (Lipinski definition) is 3. The molecule has 0 aromatic rings. The average Bonchev–Trinajstić information content (AvgIpc) is 0.722. The fourth-order valence-electron chi connectivity index (χ4n) is 0. The molecule has 4 nitrogen and oxygen atoms in total. The molecule has 0 heterocycles. The van der Waals surface area contributed by atoms with Gasteiger partial charge in [-0.25, -0.2) is 0 Å². The molecular formula is HMnO4Tm. The predicted molar refractivity (Wildman–Crippen MR) is 4.28 cm³/mol. The standard InChI is InChI=1S/Mn.H2O.3O.Tm/h;1H2;;;;/q+1;;;;;/p-1. The Balaban J connectivity index is 0. The molecule has 0 spiro atoms. The summed E-state index contributed by atoms with van der Waals surface area (Å²) in [6, 6.07) is 0. The molecule has 0 rings (SSSR count). The van der Waals surface area contributed by atoms with Gasteiger partial charge < -0.3 is 0 Å². The third-order valence-corrected chi connectivity index (χ3v) is 0. The van der Waals surface area contributed by atoms with Crippen LogP contribution in [0.4, 0.5) is 0 Å². The second-order valence-corrected chi connectivity index (χ2v) is 1.63. The minimum Gasteiger partial charge on any atom is 0 e. The van der Waals surface area contributed by atoms with Crippen LogP contribution in [0.25, 0.3) is 0 Å². The molecule has 0 aromatic heterocycles. The van der Waals surface area contributed by atoms with Crippen molar-refractivity contribution in [1.82, 2.24) is 0 Å². The van der Waals surface area contributed by atoms with Gasteiger partial charge >= 0.3 is 28.7 Å². The van der Waals surface area contributed by atoms with E-state index in [1.165, 1.54) is 0 Å². The smallest absolute Gasteiger partial charge is 0 e. The molecule has 0 aliphatic heterocycles. The van der Waals surface area contributed by atoms with E-state index in [1.807, 2.05) is 0 Å². The normalized spacial score (nSPS) is 9.50. The molecule has 1 N–H and O–H groups in total. The van der Waals surface area contributed by atoms with Crippen LogP contribution in [0.15, 0.2) is 0 Å². The zero-order valence-electron chi connectivity index (χ0n) is 2.33. The largest absolute Gasteiger partial charge is 0 e. The summed E-state index contributed by atoms with van der Waals surface area (Å²) < 4.78 is 33.1. The fraction of sp³-hybridized carbons (Fsp3) is 0. The third-order valence-electron chi connectivity index (χ3n) is 0. The number of rotatable bonds is 0. The topological polar surface area (TPSA) is 71.4 Å². The summed E-state index contributed by atoms with van der Waals surface area (Å²) in [5.41, 5.74) is 0. The van der Waals surface area contributed by atoms with Gasteiger partial charge in [0.05, 0.1) is 0 Å². The summed E-state index contributed by atoms with van der Waals surface area (Å²) in [4.78, 5) is 0. The van der Waals surface area contributed by atoms with Crippen molar-refractivity contribution in [2.45, 2.75) is 0 Å². The van der Waals surface area contributed by atoms with Gasteiger partial charge in [0, 0.05) is 36.9 Å². The van der Waals surface area contributed by atoms with Crippen LogP contribution >= 0.6 is 0 Å². The van der Waals surface area contributed by atoms with Crippen molar-refractivity contribution in [2.24, 2.45) is 0 Å². The molecule has 0 saturated carbocycles. The monoisotopic (exact) mass is 289 g/mol. The summed E-state index contributed by atoms with van der Waals surface area (Å²) >= 11 is -5.38. The van der Waals surface area contributed by atoms with Crippen molar-refractivity contribution in [3.63, 3.8) is 0 Å². The quantitative estimate of drug-likeness (QED) is 0.586. The van der Waals surface area contributed by atoms with Crippen molar-refractivity contribution in [1.29, 1.82) is 0 Å². The van der Waals surface area contributed by atoms with Crippen molar-refractivity contribution < 1.29 is 65.5 Å². The summed E-state index contributed by atoms with van der Waals surface area (Å²) in [5, 5.41) is 0. The van der Waals surface area contributed by atoms with Crippen LogP contribution in [-0.2, 0) is 24.5 Å². The van der Waals surface area contributed by atoms with E-state index < -0.39 is 13.0 Å². The SMILES string of the molecule is [O]=[Mn](=[O])(=[O])[OH].[Tm]. The predicted octanol–water partition coefficient (Wildman–Crippen LogP) is -0.916. The first kappa shape index (κ1) is 10.2. The molecule has 0 aliphatic carbocycles. The fourth-order valence-corrected chi connectivity index (χ4v) is 0. The molecule has 0 fully saturated rings. The minimum atomic E-state index is -5.38. The van der Waals surface area contributed by atoms with Crippen LogP contribution in [0.3, 0.4) is 0 Å². The Morgan fingerprint density at radius 3 is 1.17 bits per heavy atom. The Hall–Kier alpha value is 1.11. The van der Waals surface area contributed by atoms with E-state index in [9.17, 15) is 0 Å². The van der Waals surface area contributed by atoms with Gasteiger partial charge in [0.1, 0.15) is 0 Å². The molecule has 1 radical (unpaired) electrons. The van der Waals surface area contributed by atoms with E-state index in [0.29, 0.717) is 0 Å². The first-order chi connectivity index (χ1) is 2.00. The van der Waals surface area contributed by atoms with Gasteiger partial charge in [0.25, 0.3) is 0 Å². The van der Waals surface area contributed by atoms with Gasteiger partial charge in [0.2, 0.25) is 0 Å². The first-order valence-corrected chi connectivity index (χ1v) is 2.61. The van der Waals surface area contributed by atoms with Gasteiger partial charge in [0.15, 0.2) is 0 Å². The zero-order valence-corrected chi connectivity index (χ0v) is 5.29. The Morgan fingerprint density at radius 1 is 1.17 bits per heavy atom. The van der Waals surface area contributed by atoms with Crippen LogP contribution < -0.4 is 0 Å². The Kier molecular flexibility index (Phi) is 5.35. The van der Waals surface area contributed by atoms with Crippen molar-refractivity contribution >= 4 is 0 Å². The number of hydrogen-bond donors (Lipinski definition) is 1. The van der Waals surface area contributed by atoms with E-state index in [1.54, 1.807) is 0 Å². The second-order valence-electron chi connectivity index (χ2n) is 0.396. The second kappa shape index (κ2) is 3.16. The maximum absolute atomic E-state index is 8.69. The molecule has 0 aromatic carbocycles. The van der Waals surface area contributed by atoms with Crippen LogP contribution in [0, 0.1) is 36.9 Å². The summed E-state index contributed by atoms with van der Waals surface area (Å²) in [6.07, 6.45) is 0. The van der Waals surface area contributed by atoms with Crippen LogP contribution in [0.5, 0.6) is 0 Å². The minimum absolute atomic E-state index is 0. The average molecular weight is 289 g/mol. The van der Waals surface area contributed by atoms with Gasteiger partial charge in [-0.3, -0.25) is 0 Å². The third kappa shape index (κ3) is 69.8. The zero-order chi connectivity index (χ0) is 4.50. The van der Waals surface area contributed by atoms with E-state index in [-0.39, 0.29) is 36.9 Å². The van der Waals surface area contributed by atoms with Gasteiger partial charge in [-0.1, -0.05) is 0 Å². The molecule has 0 aliphatic rings. The molecule has 6 heavy (non-hydrogen) atoms. The van der Waals surface area contributed by atoms with Crippen LogP contribution in [0.2, 0.25) is 0 Å². The maximum atomic E-state index is 8.69. The molecular weight excluding hydrogens is 288 g/mol. The maximum Gasteiger partial charge on any atom is 0 e. The summed E-state index contributed by atoms with van der Waals surface area (Å²) in [5.74, 6) is 0. The van der Waals surface area contributed by atoms with E-state index in [4.69, 9.17) is 15.7 Å². The van der Waals surface area contributed by atoms with E-state index in [0.717, 1.165) is 0 Å². The van der Waals surface area contributed by atoms with E-state index in [2.05, 4.69) is 0 Å². The van der Waals surface area contributed by atoms with Gasteiger partial charge in [-0.2, -0.15) is 0 Å².